The van der Waals surface area contributed by atoms with Gasteiger partial charge in [-0.1, -0.05) is 48.6 Å². The standard InChI is InChI=1S/C30H22F5N3O/c1-2-3-15-39-21-11-12-22(24(16-21)30(33,34)35)20-9-7-19(8-10-20)17-38-14-13-26-27(18-38)37-29(36-26)23-5-4-6-25(31)28(23)32/h2-14,16,18H,15,17H2,1H3/b3-2+. The Morgan fingerprint density at radius 1 is 0.897 bits per heavy atom. The van der Waals surface area contributed by atoms with E-state index in [4.69, 9.17) is 4.74 Å². The minimum absolute atomic E-state index is 0.0241. The second-order valence-electron chi connectivity index (χ2n) is 8.82. The van der Waals surface area contributed by atoms with E-state index in [1.807, 2.05) is 4.57 Å². The second-order valence-corrected chi connectivity index (χ2v) is 8.82. The average molecular weight is 536 g/mol. The van der Waals surface area contributed by atoms with Crippen LogP contribution in [0.3, 0.4) is 0 Å². The fourth-order valence-corrected chi connectivity index (χ4v) is 4.19. The van der Waals surface area contributed by atoms with E-state index in [9.17, 15) is 22.0 Å². The van der Waals surface area contributed by atoms with E-state index in [1.165, 1.54) is 24.3 Å². The molecule has 2 aliphatic heterocycles. The van der Waals surface area contributed by atoms with Crippen LogP contribution >= 0.6 is 0 Å². The first-order valence-corrected chi connectivity index (χ1v) is 12.1. The molecule has 0 fully saturated rings. The van der Waals surface area contributed by atoms with Crippen molar-refractivity contribution in [3.8, 4) is 39.7 Å². The predicted octanol–water partition coefficient (Wildman–Crippen LogP) is 8.02. The monoisotopic (exact) mass is 535 g/mol. The van der Waals surface area contributed by atoms with Crippen LogP contribution in [0.4, 0.5) is 22.0 Å². The predicted molar refractivity (Wildman–Crippen MR) is 138 cm³/mol. The molecule has 2 aliphatic rings. The molecule has 9 heteroatoms. The van der Waals surface area contributed by atoms with Gasteiger partial charge >= 0.3 is 6.18 Å². The first kappa shape index (κ1) is 26.1. The summed E-state index contributed by atoms with van der Waals surface area (Å²) in [6.07, 6.45) is 2.42. The maximum Gasteiger partial charge on any atom is 0.417 e. The van der Waals surface area contributed by atoms with E-state index in [2.05, 4.69) is 9.97 Å². The summed E-state index contributed by atoms with van der Waals surface area (Å²) in [5.74, 6) is -1.75. The van der Waals surface area contributed by atoms with Crippen molar-refractivity contribution in [2.45, 2.75) is 19.6 Å². The lowest BCUT2D eigenvalue weighted by Gasteiger charge is -2.15. The fourth-order valence-electron chi connectivity index (χ4n) is 4.19. The zero-order chi connectivity index (χ0) is 27.6. The molecule has 3 aromatic rings. The highest BCUT2D eigenvalue weighted by molar-refractivity contribution is 5.70. The third-order valence-corrected chi connectivity index (χ3v) is 6.13. The third-order valence-electron chi connectivity index (χ3n) is 6.13. The van der Waals surface area contributed by atoms with Crippen LogP contribution in [0, 0.1) is 11.6 Å². The zero-order valence-electron chi connectivity index (χ0n) is 20.7. The Balaban J connectivity index is 1.37. The van der Waals surface area contributed by atoms with E-state index in [0.717, 1.165) is 17.7 Å². The molecule has 0 spiro atoms. The normalized spacial score (nSPS) is 11.9. The van der Waals surface area contributed by atoms with Crippen molar-refractivity contribution in [3.05, 3.63) is 114 Å². The van der Waals surface area contributed by atoms with Gasteiger partial charge in [0.25, 0.3) is 0 Å². The van der Waals surface area contributed by atoms with Crippen molar-refractivity contribution in [1.82, 2.24) is 14.5 Å². The van der Waals surface area contributed by atoms with Crippen LogP contribution in [0.2, 0.25) is 0 Å². The second kappa shape index (κ2) is 10.7. The Morgan fingerprint density at radius 2 is 1.67 bits per heavy atom. The number of benzene rings is 3. The van der Waals surface area contributed by atoms with Crippen molar-refractivity contribution >= 4 is 0 Å². The molecule has 3 aromatic carbocycles. The summed E-state index contributed by atoms with van der Waals surface area (Å²) in [5, 5.41) is 0. The molecule has 0 N–H and O–H groups in total. The van der Waals surface area contributed by atoms with Crippen molar-refractivity contribution in [2.75, 3.05) is 6.61 Å². The van der Waals surface area contributed by atoms with Crippen molar-refractivity contribution < 1.29 is 26.7 Å². The number of halogens is 5. The van der Waals surface area contributed by atoms with Gasteiger partial charge in [-0.2, -0.15) is 13.2 Å². The number of imidazole rings is 1. The molecule has 0 saturated carbocycles. The summed E-state index contributed by atoms with van der Waals surface area (Å²) >= 11 is 0. The molecule has 39 heavy (non-hydrogen) atoms. The smallest absolute Gasteiger partial charge is 0.417 e. The summed E-state index contributed by atoms with van der Waals surface area (Å²) in [5.41, 5.74) is 1.56. The van der Waals surface area contributed by atoms with Gasteiger partial charge in [0, 0.05) is 18.9 Å². The topological polar surface area (TPSA) is 39.9 Å². The molecular weight excluding hydrogens is 513 g/mol. The number of fused-ring (bicyclic) bond motifs is 1. The van der Waals surface area contributed by atoms with Crippen LogP contribution in [0.5, 0.6) is 5.75 Å². The molecule has 198 valence electrons. The van der Waals surface area contributed by atoms with Crippen LogP contribution in [-0.4, -0.2) is 21.1 Å². The van der Waals surface area contributed by atoms with E-state index in [-0.39, 0.29) is 29.3 Å². The van der Waals surface area contributed by atoms with Gasteiger partial charge in [-0.15, -0.1) is 0 Å². The molecule has 0 amide bonds. The Kier molecular flexibility index (Phi) is 7.15. The third kappa shape index (κ3) is 5.67. The molecule has 0 aliphatic carbocycles. The van der Waals surface area contributed by atoms with Gasteiger partial charge in [0.1, 0.15) is 18.1 Å². The molecule has 2 heterocycles. The number of hydrogen-bond donors (Lipinski definition) is 0. The molecule has 0 bridgehead atoms. The lowest BCUT2D eigenvalue weighted by Crippen LogP contribution is -2.08. The highest BCUT2D eigenvalue weighted by Crippen LogP contribution is 2.39. The summed E-state index contributed by atoms with van der Waals surface area (Å²) in [4.78, 5) is 8.64. The number of alkyl halides is 3. The Bertz CT molecular complexity index is 1610. The van der Waals surface area contributed by atoms with Gasteiger partial charge < -0.3 is 9.30 Å². The van der Waals surface area contributed by atoms with Crippen LogP contribution in [0.15, 0.2) is 91.3 Å². The van der Waals surface area contributed by atoms with Gasteiger partial charge in [0.15, 0.2) is 17.5 Å². The largest absolute Gasteiger partial charge is 0.490 e. The highest BCUT2D eigenvalue weighted by atomic mass is 19.4. The highest BCUT2D eigenvalue weighted by Gasteiger charge is 2.34. The molecule has 0 aromatic heterocycles. The van der Waals surface area contributed by atoms with E-state index in [1.54, 1.807) is 61.8 Å². The fraction of sp³-hybridized carbons (Fsp3) is 0.133. The Hall–Kier alpha value is -4.53. The van der Waals surface area contributed by atoms with Gasteiger partial charge in [0.05, 0.1) is 16.8 Å². The van der Waals surface area contributed by atoms with Crippen LogP contribution < -0.4 is 4.74 Å². The maximum atomic E-state index is 14.2. The van der Waals surface area contributed by atoms with Crippen molar-refractivity contribution in [2.24, 2.45) is 0 Å². The SMILES string of the molecule is C/C=C/COc1ccc(-c2ccc(Cn3ccc4nc(-c5cccc(F)c5F)nc-4c3)cc2)c(C(F)(F)F)c1. The molecule has 0 unspecified atom stereocenters. The number of nitrogens with zero attached hydrogens (tertiary/aromatic N) is 3. The summed E-state index contributed by atoms with van der Waals surface area (Å²) in [6, 6.07) is 16.3. The number of ether oxygens (including phenoxy) is 1. The quantitative estimate of drug-likeness (QED) is 0.157. The Labute approximate surface area is 221 Å². The minimum Gasteiger partial charge on any atom is -0.490 e. The number of rotatable bonds is 7. The van der Waals surface area contributed by atoms with E-state index >= 15 is 0 Å². The van der Waals surface area contributed by atoms with Crippen LogP contribution in [-0.2, 0) is 12.7 Å². The lowest BCUT2D eigenvalue weighted by molar-refractivity contribution is -0.137. The first-order valence-electron chi connectivity index (χ1n) is 12.1. The lowest BCUT2D eigenvalue weighted by atomic mass is 9.98. The van der Waals surface area contributed by atoms with Crippen molar-refractivity contribution in [3.63, 3.8) is 0 Å². The molecule has 4 nitrogen and oxygen atoms in total. The molecule has 0 saturated heterocycles. The van der Waals surface area contributed by atoms with Gasteiger partial charge in [-0.25, -0.2) is 18.7 Å². The van der Waals surface area contributed by atoms with Gasteiger partial charge in [-0.05, 0) is 53.9 Å². The molecular formula is C30H22F5N3O. The maximum absolute atomic E-state index is 14.2. The van der Waals surface area contributed by atoms with Crippen LogP contribution in [0.1, 0.15) is 18.1 Å². The van der Waals surface area contributed by atoms with E-state index in [0.29, 0.717) is 23.5 Å². The Morgan fingerprint density at radius 3 is 2.41 bits per heavy atom. The minimum atomic E-state index is -4.55. The number of allylic oxidation sites excluding steroid dienone is 1. The first-order chi connectivity index (χ1) is 18.7. The summed E-state index contributed by atoms with van der Waals surface area (Å²) in [7, 11) is 0. The van der Waals surface area contributed by atoms with E-state index < -0.39 is 23.4 Å². The summed E-state index contributed by atoms with van der Waals surface area (Å²) in [6.45, 7) is 2.40. The number of aromatic nitrogens is 3. The molecule has 0 radical (unpaired) electrons. The molecule has 0 atom stereocenters. The molecule has 5 rings (SSSR count). The van der Waals surface area contributed by atoms with Crippen LogP contribution in [0.25, 0.3) is 33.9 Å². The number of hydrogen-bond acceptors (Lipinski definition) is 3. The average Bonchev–Trinajstić information content (AvgIpc) is 3.33. The van der Waals surface area contributed by atoms with Gasteiger partial charge in [0.2, 0.25) is 0 Å². The summed E-state index contributed by atoms with van der Waals surface area (Å²) < 4.78 is 76.5. The van der Waals surface area contributed by atoms with Gasteiger partial charge in [-0.3, -0.25) is 0 Å². The van der Waals surface area contributed by atoms with Crippen molar-refractivity contribution in [1.29, 1.82) is 0 Å². The number of pyridine rings is 1. The zero-order valence-corrected chi connectivity index (χ0v) is 20.7.